The van der Waals surface area contributed by atoms with Crippen LogP contribution in [0.4, 0.5) is 15.8 Å². The molecule has 0 spiro atoms. The van der Waals surface area contributed by atoms with E-state index in [1.54, 1.807) is 18.2 Å². The third kappa shape index (κ3) is 4.64. The van der Waals surface area contributed by atoms with Crippen LogP contribution >= 0.6 is 0 Å². The van der Waals surface area contributed by atoms with Gasteiger partial charge in [-0.05, 0) is 48.7 Å². The second-order valence-corrected chi connectivity index (χ2v) is 7.05. The van der Waals surface area contributed by atoms with E-state index in [1.165, 1.54) is 12.1 Å². The lowest BCUT2D eigenvalue weighted by atomic mass is 9.85. The molecule has 142 valence electrons. The molecule has 27 heavy (non-hydrogen) atoms. The predicted octanol–water partition coefficient (Wildman–Crippen LogP) is 3.56. The van der Waals surface area contributed by atoms with E-state index < -0.39 is 0 Å². The summed E-state index contributed by atoms with van der Waals surface area (Å²) in [6, 6.07) is 11.3. The molecular formula is C21H24FN3O2. The van der Waals surface area contributed by atoms with Crippen molar-refractivity contribution >= 4 is 23.2 Å². The minimum absolute atomic E-state index is 0.0107. The second kappa shape index (κ2) is 8.20. The van der Waals surface area contributed by atoms with E-state index in [0.29, 0.717) is 17.8 Å². The summed E-state index contributed by atoms with van der Waals surface area (Å²) >= 11 is 0. The number of carbonyl (C=O) groups is 2. The molecule has 2 aromatic rings. The van der Waals surface area contributed by atoms with E-state index in [-0.39, 0.29) is 23.5 Å². The molecule has 1 aliphatic carbocycles. The molecular weight excluding hydrogens is 345 g/mol. The van der Waals surface area contributed by atoms with E-state index in [0.717, 1.165) is 30.5 Å². The zero-order chi connectivity index (χ0) is 19.4. The molecule has 1 saturated carbocycles. The first-order chi connectivity index (χ1) is 12.9. The Kier molecular flexibility index (Phi) is 5.74. The molecule has 3 rings (SSSR count). The summed E-state index contributed by atoms with van der Waals surface area (Å²) in [7, 11) is 3.72. The number of carbonyl (C=O) groups excluding carboxylic acids is 2. The van der Waals surface area contributed by atoms with Crippen molar-refractivity contribution in [3.8, 4) is 0 Å². The standard InChI is InChI=1S/C21H24FN3O2/c1-25(2)19-11-10-17(24-20(26)15-4-3-5-15)12-18(19)21(27)23-13-14-6-8-16(22)9-7-14/h6-12,15H,3-5,13H2,1-2H3,(H,23,27)(H,24,26). The largest absolute Gasteiger partial charge is 0.377 e. The van der Waals surface area contributed by atoms with Gasteiger partial charge in [-0.3, -0.25) is 9.59 Å². The predicted molar refractivity (Wildman–Crippen MR) is 104 cm³/mol. The first-order valence-electron chi connectivity index (χ1n) is 9.09. The molecule has 2 amide bonds. The third-order valence-corrected chi connectivity index (χ3v) is 4.83. The SMILES string of the molecule is CN(C)c1ccc(NC(=O)C2CCC2)cc1C(=O)NCc1ccc(F)cc1. The molecule has 2 N–H and O–H groups in total. The van der Waals surface area contributed by atoms with Gasteiger partial charge < -0.3 is 15.5 Å². The van der Waals surface area contributed by atoms with Gasteiger partial charge in [0.2, 0.25) is 5.91 Å². The highest BCUT2D eigenvalue weighted by molar-refractivity contribution is 6.02. The first-order valence-corrected chi connectivity index (χ1v) is 9.09. The smallest absolute Gasteiger partial charge is 0.253 e. The number of nitrogens with one attached hydrogen (secondary N) is 2. The van der Waals surface area contributed by atoms with Gasteiger partial charge in [-0.15, -0.1) is 0 Å². The second-order valence-electron chi connectivity index (χ2n) is 7.05. The van der Waals surface area contributed by atoms with Gasteiger partial charge in [0.25, 0.3) is 5.91 Å². The number of amides is 2. The van der Waals surface area contributed by atoms with Crippen LogP contribution in [0.3, 0.4) is 0 Å². The van der Waals surface area contributed by atoms with Gasteiger partial charge in [0.1, 0.15) is 5.82 Å². The maximum Gasteiger partial charge on any atom is 0.253 e. The molecule has 0 aliphatic heterocycles. The molecule has 0 atom stereocenters. The van der Waals surface area contributed by atoms with Crippen LogP contribution in [0.25, 0.3) is 0 Å². The van der Waals surface area contributed by atoms with Crippen LogP contribution in [0, 0.1) is 11.7 Å². The monoisotopic (exact) mass is 369 g/mol. The van der Waals surface area contributed by atoms with Crippen LogP contribution in [0.15, 0.2) is 42.5 Å². The molecule has 0 bridgehead atoms. The Labute approximate surface area is 158 Å². The van der Waals surface area contributed by atoms with Crippen molar-refractivity contribution in [1.29, 1.82) is 0 Å². The lowest BCUT2D eigenvalue weighted by Crippen LogP contribution is -2.29. The van der Waals surface area contributed by atoms with Crippen molar-refractivity contribution in [3.63, 3.8) is 0 Å². The molecule has 0 saturated heterocycles. The van der Waals surface area contributed by atoms with Crippen LogP contribution < -0.4 is 15.5 Å². The van der Waals surface area contributed by atoms with Crippen LogP contribution in [-0.4, -0.2) is 25.9 Å². The van der Waals surface area contributed by atoms with Gasteiger partial charge in [-0.25, -0.2) is 4.39 Å². The number of benzene rings is 2. The highest BCUT2D eigenvalue weighted by atomic mass is 19.1. The minimum atomic E-state index is -0.310. The fourth-order valence-electron chi connectivity index (χ4n) is 2.98. The lowest BCUT2D eigenvalue weighted by molar-refractivity contribution is -0.122. The van der Waals surface area contributed by atoms with Gasteiger partial charge >= 0.3 is 0 Å². The molecule has 5 nitrogen and oxygen atoms in total. The Bertz CT molecular complexity index is 830. The van der Waals surface area contributed by atoms with Gasteiger partial charge in [-0.1, -0.05) is 18.6 Å². The van der Waals surface area contributed by atoms with Crippen molar-refractivity contribution in [3.05, 3.63) is 59.4 Å². The number of halogens is 1. The number of rotatable bonds is 6. The summed E-state index contributed by atoms with van der Waals surface area (Å²) < 4.78 is 13.0. The molecule has 2 aromatic carbocycles. The van der Waals surface area contributed by atoms with E-state index in [1.807, 2.05) is 31.1 Å². The summed E-state index contributed by atoms with van der Waals surface area (Å²) in [6.45, 7) is 0.296. The van der Waals surface area contributed by atoms with Crippen LogP contribution in [0.1, 0.15) is 35.2 Å². The number of hydrogen-bond acceptors (Lipinski definition) is 3. The van der Waals surface area contributed by atoms with Gasteiger partial charge in [0, 0.05) is 37.9 Å². The van der Waals surface area contributed by atoms with E-state index in [9.17, 15) is 14.0 Å². The highest BCUT2D eigenvalue weighted by Gasteiger charge is 2.25. The first kappa shape index (κ1) is 18.9. The fraction of sp³-hybridized carbons (Fsp3) is 0.333. The van der Waals surface area contributed by atoms with E-state index >= 15 is 0 Å². The van der Waals surface area contributed by atoms with Crippen molar-refractivity contribution in [2.75, 3.05) is 24.3 Å². The van der Waals surface area contributed by atoms with Crippen molar-refractivity contribution in [1.82, 2.24) is 5.32 Å². The minimum Gasteiger partial charge on any atom is -0.377 e. The number of anilines is 2. The Hall–Kier alpha value is -2.89. The average molecular weight is 369 g/mol. The zero-order valence-electron chi connectivity index (χ0n) is 15.6. The highest BCUT2D eigenvalue weighted by Crippen LogP contribution is 2.29. The fourth-order valence-corrected chi connectivity index (χ4v) is 2.98. The Balaban J connectivity index is 1.73. The van der Waals surface area contributed by atoms with E-state index in [4.69, 9.17) is 0 Å². The number of hydrogen-bond donors (Lipinski definition) is 2. The maximum absolute atomic E-state index is 13.0. The van der Waals surface area contributed by atoms with Crippen molar-refractivity contribution in [2.45, 2.75) is 25.8 Å². The van der Waals surface area contributed by atoms with E-state index in [2.05, 4.69) is 10.6 Å². The summed E-state index contributed by atoms with van der Waals surface area (Å²) in [5.74, 6) is -0.469. The average Bonchev–Trinajstić information content (AvgIpc) is 2.59. The third-order valence-electron chi connectivity index (χ3n) is 4.83. The Morgan fingerprint density at radius 1 is 1.11 bits per heavy atom. The van der Waals surface area contributed by atoms with Crippen LogP contribution in [0.2, 0.25) is 0 Å². The molecule has 6 heteroatoms. The molecule has 0 unspecified atom stereocenters. The summed E-state index contributed by atoms with van der Waals surface area (Å²) in [5.41, 5.74) is 2.66. The molecule has 0 aromatic heterocycles. The van der Waals surface area contributed by atoms with Crippen LogP contribution in [-0.2, 0) is 11.3 Å². The summed E-state index contributed by atoms with van der Waals surface area (Å²) in [4.78, 5) is 26.8. The molecule has 0 radical (unpaired) electrons. The normalized spacial score (nSPS) is 13.6. The topological polar surface area (TPSA) is 61.4 Å². The van der Waals surface area contributed by atoms with Crippen molar-refractivity contribution < 1.29 is 14.0 Å². The Morgan fingerprint density at radius 3 is 2.41 bits per heavy atom. The quantitative estimate of drug-likeness (QED) is 0.818. The molecule has 1 fully saturated rings. The summed E-state index contributed by atoms with van der Waals surface area (Å²) in [6.07, 6.45) is 2.94. The van der Waals surface area contributed by atoms with Gasteiger partial charge in [0.15, 0.2) is 0 Å². The maximum atomic E-state index is 13.0. The van der Waals surface area contributed by atoms with Gasteiger partial charge in [0.05, 0.1) is 5.56 Å². The molecule has 1 aliphatic rings. The summed E-state index contributed by atoms with van der Waals surface area (Å²) in [5, 5.41) is 5.76. The Morgan fingerprint density at radius 2 is 1.81 bits per heavy atom. The molecule has 0 heterocycles. The van der Waals surface area contributed by atoms with Gasteiger partial charge in [-0.2, -0.15) is 0 Å². The zero-order valence-corrected chi connectivity index (χ0v) is 15.6. The lowest BCUT2D eigenvalue weighted by Gasteiger charge is -2.24. The number of nitrogens with zero attached hydrogens (tertiary/aromatic N) is 1. The van der Waals surface area contributed by atoms with Crippen molar-refractivity contribution in [2.24, 2.45) is 5.92 Å². The van der Waals surface area contributed by atoms with Crippen LogP contribution in [0.5, 0.6) is 0 Å².